The highest BCUT2D eigenvalue weighted by Gasteiger charge is 2.04. The highest BCUT2D eigenvalue weighted by molar-refractivity contribution is 6.21. The Balaban J connectivity index is 3.44. The second-order valence-electron chi connectivity index (χ2n) is 3.18. The first kappa shape index (κ1) is 10.8. The summed E-state index contributed by atoms with van der Waals surface area (Å²) in [5.74, 6) is 0.557. The van der Waals surface area contributed by atoms with Crippen LogP contribution in [0.15, 0.2) is 12.1 Å². The molecule has 0 rings (SSSR count). The van der Waals surface area contributed by atoms with Crippen molar-refractivity contribution in [1.29, 1.82) is 0 Å². The number of hydrogen-bond donors (Lipinski definition) is 0. The van der Waals surface area contributed by atoms with Crippen molar-refractivity contribution < 1.29 is 0 Å². The van der Waals surface area contributed by atoms with Gasteiger partial charge in [-0.3, -0.25) is 0 Å². The average Bonchev–Trinajstić information content (AvgIpc) is 1.97. The van der Waals surface area contributed by atoms with Crippen molar-refractivity contribution in [2.75, 3.05) is 0 Å². The van der Waals surface area contributed by atoms with Crippen LogP contribution < -0.4 is 0 Å². The van der Waals surface area contributed by atoms with E-state index in [1.807, 2.05) is 0 Å². The van der Waals surface area contributed by atoms with Crippen LogP contribution in [0.5, 0.6) is 0 Å². The highest BCUT2D eigenvalue weighted by Crippen LogP contribution is 2.18. The first-order valence-corrected chi connectivity index (χ1v) is 4.66. The predicted octanol–water partition coefficient (Wildman–Crippen LogP) is 3.28. The van der Waals surface area contributed by atoms with Crippen molar-refractivity contribution in [3.8, 4) is 0 Å². The Morgan fingerprint density at radius 3 is 2.36 bits per heavy atom. The summed E-state index contributed by atoms with van der Waals surface area (Å²) in [7, 11) is 5.63. The van der Waals surface area contributed by atoms with Crippen molar-refractivity contribution in [1.82, 2.24) is 0 Å². The molecule has 0 nitrogen and oxygen atoms in total. The Hall–Kier alpha value is -0.195. The molecule has 0 amide bonds. The van der Waals surface area contributed by atoms with E-state index in [0.717, 1.165) is 11.9 Å². The topological polar surface area (TPSA) is 0 Å². The van der Waals surface area contributed by atoms with Gasteiger partial charge in [-0.05, 0) is 12.3 Å². The van der Waals surface area contributed by atoms with Crippen LogP contribution in [0.25, 0.3) is 0 Å². The summed E-state index contributed by atoms with van der Waals surface area (Å²) in [6.45, 7) is 8.18. The minimum absolute atomic E-state index is 0.557. The van der Waals surface area contributed by atoms with E-state index >= 15 is 0 Å². The van der Waals surface area contributed by atoms with Crippen molar-refractivity contribution in [2.24, 2.45) is 5.92 Å². The van der Waals surface area contributed by atoms with E-state index in [2.05, 4.69) is 20.4 Å². The van der Waals surface area contributed by atoms with Gasteiger partial charge in [0.15, 0.2) is 0 Å². The summed E-state index contributed by atoms with van der Waals surface area (Å²) in [6, 6.07) is 0. The van der Waals surface area contributed by atoms with Crippen LogP contribution in [0.1, 0.15) is 46.0 Å². The highest BCUT2D eigenvalue weighted by atomic mass is 14.1. The van der Waals surface area contributed by atoms with Gasteiger partial charge in [-0.15, -0.1) is 12.1 Å². The molecule has 0 saturated heterocycles. The molecular formula is C10H19B. The van der Waals surface area contributed by atoms with E-state index in [4.69, 9.17) is 7.85 Å². The van der Waals surface area contributed by atoms with E-state index in [1.165, 1.54) is 25.7 Å². The summed E-state index contributed by atoms with van der Waals surface area (Å²) in [4.78, 5) is 0. The normalized spacial score (nSPS) is 12.9. The van der Waals surface area contributed by atoms with Crippen molar-refractivity contribution >= 4 is 7.85 Å². The minimum atomic E-state index is 0.557. The Morgan fingerprint density at radius 2 is 2.00 bits per heavy atom. The standard InChI is InChI=1S/C10H19B/c1-4-6-7-8-10(5-2)9(3)11/h10H,3-8H2,1-2H3/t10-/m1/s1. The van der Waals surface area contributed by atoms with Gasteiger partial charge < -0.3 is 0 Å². The van der Waals surface area contributed by atoms with Gasteiger partial charge in [-0.25, -0.2) is 0 Å². The quantitative estimate of drug-likeness (QED) is 0.402. The second kappa shape index (κ2) is 6.51. The molecule has 1 heteroatoms. The Bertz CT molecular complexity index is 107. The first-order valence-electron chi connectivity index (χ1n) is 4.66. The van der Waals surface area contributed by atoms with Crippen molar-refractivity contribution in [2.45, 2.75) is 46.0 Å². The fraction of sp³-hybridized carbons (Fsp3) is 0.800. The van der Waals surface area contributed by atoms with E-state index in [1.54, 1.807) is 0 Å². The third kappa shape index (κ3) is 5.12. The maximum atomic E-state index is 5.63. The second-order valence-corrected chi connectivity index (χ2v) is 3.18. The lowest BCUT2D eigenvalue weighted by Gasteiger charge is -2.14. The van der Waals surface area contributed by atoms with Crippen LogP contribution in [-0.2, 0) is 0 Å². The SMILES string of the molecule is [B]C(=C)[C@H](CC)CCCCC. The molecule has 0 fully saturated rings. The summed E-state index contributed by atoms with van der Waals surface area (Å²) in [5, 5.41) is 0. The minimum Gasteiger partial charge on any atom is -0.122 e. The Morgan fingerprint density at radius 1 is 1.36 bits per heavy atom. The summed E-state index contributed by atoms with van der Waals surface area (Å²) >= 11 is 0. The molecule has 2 radical (unpaired) electrons. The average molecular weight is 150 g/mol. The van der Waals surface area contributed by atoms with Gasteiger partial charge in [0.1, 0.15) is 7.85 Å². The lowest BCUT2D eigenvalue weighted by atomic mass is 9.80. The van der Waals surface area contributed by atoms with Crippen LogP contribution in [0, 0.1) is 5.92 Å². The lowest BCUT2D eigenvalue weighted by molar-refractivity contribution is 0.520. The molecule has 0 aromatic carbocycles. The molecule has 0 aromatic heterocycles. The van der Waals surface area contributed by atoms with E-state index in [-0.39, 0.29) is 0 Å². The Kier molecular flexibility index (Phi) is 6.40. The van der Waals surface area contributed by atoms with Crippen LogP contribution in [0.2, 0.25) is 0 Å². The summed E-state index contributed by atoms with van der Waals surface area (Å²) in [6.07, 6.45) is 6.27. The lowest BCUT2D eigenvalue weighted by Crippen LogP contribution is -2.01. The number of unbranched alkanes of at least 4 members (excludes halogenated alkanes) is 2. The molecule has 0 aromatic rings. The third-order valence-corrected chi connectivity index (χ3v) is 2.17. The van der Waals surface area contributed by atoms with Crippen LogP contribution in [-0.4, -0.2) is 7.85 Å². The molecule has 11 heavy (non-hydrogen) atoms. The first-order chi connectivity index (χ1) is 5.22. The summed E-state index contributed by atoms with van der Waals surface area (Å²) < 4.78 is 0. The molecule has 0 aliphatic rings. The van der Waals surface area contributed by atoms with Crippen molar-refractivity contribution in [3.63, 3.8) is 0 Å². The molecule has 0 aliphatic heterocycles. The fourth-order valence-corrected chi connectivity index (χ4v) is 1.29. The molecule has 1 atom stereocenters. The molecule has 0 N–H and O–H groups in total. The number of hydrogen-bond acceptors (Lipinski definition) is 0. The molecule has 0 spiro atoms. The van der Waals surface area contributed by atoms with Gasteiger partial charge >= 0.3 is 0 Å². The van der Waals surface area contributed by atoms with Crippen LogP contribution in [0.4, 0.5) is 0 Å². The fourth-order valence-electron chi connectivity index (χ4n) is 1.29. The molecular weight excluding hydrogens is 131 g/mol. The van der Waals surface area contributed by atoms with E-state index in [9.17, 15) is 0 Å². The zero-order chi connectivity index (χ0) is 8.69. The van der Waals surface area contributed by atoms with Crippen LogP contribution in [0.3, 0.4) is 0 Å². The number of rotatable bonds is 6. The molecule has 0 unspecified atom stereocenters. The molecule has 0 heterocycles. The monoisotopic (exact) mass is 150 g/mol. The molecule has 62 valence electrons. The van der Waals surface area contributed by atoms with Crippen LogP contribution >= 0.6 is 0 Å². The Labute approximate surface area is 72.5 Å². The van der Waals surface area contributed by atoms with Gasteiger partial charge in [0.05, 0.1) is 0 Å². The maximum absolute atomic E-state index is 5.63. The third-order valence-electron chi connectivity index (χ3n) is 2.17. The van der Waals surface area contributed by atoms with E-state index < -0.39 is 0 Å². The van der Waals surface area contributed by atoms with Gasteiger partial charge in [-0.1, -0.05) is 39.5 Å². The van der Waals surface area contributed by atoms with Gasteiger partial charge in [0, 0.05) is 0 Å². The number of allylic oxidation sites excluding steroid dienone is 1. The van der Waals surface area contributed by atoms with Gasteiger partial charge in [0.25, 0.3) is 0 Å². The smallest absolute Gasteiger partial charge is 0.107 e. The zero-order valence-corrected chi connectivity index (χ0v) is 7.90. The van der Waals surface area contributed by atoms with Crippen molar-refractivity contribution in [3.05, 3.63) is 12.1 Å². The predicted molar refractivity (Wildman–Crippen MR) is 52.8 cm³/mol. The molecule has 0 saturated carbocycles. The molecule has 0 aliphatic carbocycles. The van der Waals surface area contributed by atoms with Gasteiger partial charge in [0.2, 0.25) is 0 Å². The zero-order valence-electron chi connectivity index (χ0n) is 7.90. The largest absolute Gasteiger partial charge is 0.122 e. The molecule has 0 bridgehead atoms. The summed E-state index contributed by atoms with van der Waals surface area (Å²) in [5.41, 5.74) is 0.864. The van der Waals surface area contributed by atoms with Gasteiger partial charge in [-0.2, -0.15) is 0 Å². The van der Waals surface area contributed by atoms with E-state index in [0.29, 0.717) is 5.92 Å². The maximum Gasteiger partial charge on any atom is 0.107 e.